The minimum Gasteiger partial charge on any atom is -1.00 e. The van der Waals surface area contributed by atoms with Crippen LogP contribution in [0.3, 0.4) is 0 Å². The van der Waals surface area contributed by atoms with Gasteiger partial charge in [0.1, 0.15) is 6.10 Å². The number of hydrogen-bond acceptors (Lipinski definition) is 2. The molecule has 3 aromatic rings. The van der Waals surface area contributed by atoms with Crippen LogP contribution < -0.4 is 29.6 Å². The average molecular weight is 440 g/mol. The van der Waals surface area contributed by atoms with Crippen molar-refractivity contribution in [2.45, 2.75) is 19.3 Å². The number of imidazole rings is 1. The van der Waals surface area contributed by atoms with Crippen molar-refractivity contribution in [3.63, 3.8) is 0 Å². The van der Waals surface area contributed by atoms with E-state index in [4.69, 9.17) is 51.1 Å². The van der Waals surface area contributed by atoms with Crippen LogP contribution in [0.15, 0.2) is 55.1 Å². The van der Waals surface area contributed by atoms with E-state index in [0.717, 1.165) is 11.1 Å². The Kier molecular flexibility index (Phi) is 8.78. The zero-order valence-electron chi connectivity index (χ0n) is 15.0. The van der Waals surface area contributed by atoms with E-state index in [-0.39, 0.29) is 37.1 Å². The molecule has 0 fully saturated rings. The molecule has 3 rings (SSSR count). The van der Waals surface area contributed by atoms with E-state index in [1.807, 2.05) is 22.9 Å². The molecule has 0 saturated carbocycles. The van der Waals surface area contributed by atoms with Crippen LogP contribution in [0.1, 0.15) is 18.7 Å². The molecule has 0 amide bonds. The molecular weight excluding hydrogens is 425 g/mol. The van der Waals surface area contributed by atoms with Gasteiger partial charge in [0.2, 0.25) is 0 Å². The van der Waals surface area contributed by atoms with Crippen molar-refractivity contribution in [3.05, 3.63) is 86.3 Å². The molecule has 26 heavy (non-hydrogen) atoms. The van der Waals surface area contributed by atoms with Crippen LogP contribution >= 0.6 is 46.4 Å². The summed E-state index contributed by atoms with van der Waals surface area (Å²) >= 11 is 24.5. The fraction of sp³-hybridized carbons (Fsp3) is 0.167. The van der Waals surface area contributed by atoms with Crippen molar-refractivity contribution in [2.75, 3.05) is 0 Å². The smallest absolute Gasteiger partial charge is 1.00 e. The first-order valence-electron chi connectivity index (χ1n) is 7.49. The zero-order chi connectivity index (χ0) is 17.8. The van der Waals surface area contributed by atoms with Crippen molar-refractivity contribution in [2.24, 2.45) is 0 Å². The van der Waals surface area contributed by atoms with Gasteiger partial charge in [-0.05, 0) is 29.8 Å². The summed E-state index contributed by atoms with van der Waals surface area (Å²) in [6, 6.07) is 10.7. The monoisotopic (exact) mass is 438 g/mol. The predicted molar refractivity (Wildman–Crippen MR) is 104 cm³/mol. The van der Waals surface area contributed by atoms with Gasteiger partial charge in [0, 0.05) is 38.0 Å². The standard InChI is InChI=1S/C18H14Cl4N2O.Na.H/c19-13-2-1-12(16(21)7-13)10-25-18(9-24-6-5-23-11-24)15-4-3-14(20)8-17(15)22;;/h1-8,11,18H,9-10H2;;/q;+1;-1. The zero-order valence-corrected chi connectivity index (χ0v) is 19.0. The molecule has 2 aromatic carbocycles. The summed E-state index contributed by atoms with van der Waals surface area (Å²) in [7, 11) is 0. The van der Waals surface area contributed by atoms with Gasteiger partial charge in [-0.15, -0.1) is 0 Å². The number of hydrogen-bond donors (Lipinski definition) is 0. The van der Waals surface area contributed by atoms with Crippen LogP contribution in [0.5, 0.6) is 0 Å². The second kappa shape index (κ2) is 10.4. The summed E-state index contributed by atoms with van der Waals surface area (Å²) in [5, 5.41) is 2.29. The van der Waals surface area contributed by atoms with Crippen LogP contribution in [-0.2, 0) is 17.9 Å². The van der Waals surface area contributed by atoms with Crippen LogP contribution in [0, 0.1) is 0 Å². The Balaban J connectivity index is 0.00000182. The minimum absolute atomic E-state index is 0. The number of aromatic nitrogens is 2. The van der Waals surface area contributed by atoms with Gasteiger partial charge in [-0.3, -0.25) is 0 Å². The fourth-order valence-corrected chi connectivity index (χ4v) is 3.41. The van der Waals surface area contributed by atoms with Gasteiger partial charge in [0.25, 0.3) is 0 Å². The Bertz CT molecular complexity index is 865. The molecule has 1 atom stereocenters. The van der Waals surface area contributed by atoms with E-state index in [1.165, 1.54) is 0 Å². The van der Waals surface area contributed by atoms with E-state index < -0.39 is 0 Å². The van der Waals surface area contributed by atoms with Crippen molar-refractivity contribution >= 4 is 46.4 Å². The van der Waals surface area contributed by atoms with E-state index in [9.17, 15) is 0 Å². The minimum atomic E-state index is -0.286. The van der Waals surface area contributed by atoms with Crippen molar-refractivity contribution in [1.29, 1.82) is 0 Å². The van der Waals surface area contributed by atoms with E-state index >= 15 is 0 Å². The first kappa shape index (κ1) is 22.1. The van der Waals surface area contributed by atoms with Gasteiger partial charge in [0.15, 0.2) is 0 Å². The molecule has 3 nitrogen and oxygen atoms in total. The Labute approximate surface area is 196 Å². The second-order valence-electron chi connectivity index (χ2n) is 5.46. The fourth-order valence-electron chi connectivity index (χ4n) is 2.42. The van der Waals surface area contributed by atoms with Crippen molar-refractivity contribution < 1.29 is 35.7 Å². The first-order chi connectivity index (χ1) is 12.0. The Morgan fingerprint density at radius 3 is 2.31 bits per heavy atom. The topological polar surface area (TPSA) is 27.1 Å². The molecule has 0 radical (unpaired) electrons. The summed E-state index contributed by atoms with van der Waals surface area (Å²) in [5.41, 5.74) is 1.71. The van der Waals surface area contributed by atoms with Crippen molar-refractivity contribution in [3.8, 4) is 0 Å². The number of ether oxygens (including phenoxy) is 1. The predicted octanol–water partition coefficient (Wildman–Crippen LogP) is 3.57. The second-order valence-corrected chi connectivity index (χ2v) is 7.15. The SMILES string of the molecule is Clc1ccc(COC(Cn2ccnc2)c2ccc(Cl)cc2Cl)c(Cl)c1.[H-].[Na+]. The van der Waals surface area contributed by atoms with Crippen LogP contribution in [0.4, 0.5) is 0 Å². The molecule has 0 aliphatic carbocycles. The van der Waals surface area contributed by atoms with Gasteiger partial charge in [-0.25, -0.2) is 4.98 Å². The van der Waals surface area contributed by atoms with Crippen molar-refractivity contribution in [1.82, 2.24) is 9.55 Å². The molecular formula is C18H15Cl4N2NaO. The van der Waals surface area contributed by atoms with Gasteiger partial charge in [-0.2, -0.15) is 0 Å². The normalized spacial score (nSPS) is 11.8. The van der Waals surface area contributed by atoms with Gasteiger partial charge < -0.3 is 10.7 Å². The largest absolute Gasteiger partial charge is 1.00 e. The summed E-state index contributed by atoms with van der Waals surface area (Å²) in [6.45, 7) is 0.890. The number of rotatable bonds is 6. The Morgan fingerprint density at radius 2 is 1.69 bits per heavy atom. The Hall–Kier alpha value is -0.230. The summed E-state index contributed by atoms with van der Waals surface area (Å²) in [4.78, 5) is 4.07. The number of nitrogens with zero attached hydrogens (tertiary/aromatic N) is 2. The van der Waals surface area contributed by atoms with E-state index in [1.54, 1.807) is 36.8 Å². The molecule has 132 valence electrons. The average Bonchev–Trinajstić information content (AvgIpc) is 3.06. The first-order valence-corrected chi connectivity index (χ1v) is 9.00. The summed E-state index contributed by atoms with van der Waals surface area (Å²) in [6.07, 6.45) is 5.03. The number of halogens is 4. The molecule has 0 saturated heterocycles. The summed E-state index contributed by atoms with van der Waals surface area (Å²) in [5.74, 6) is 0. The van der Waals surface area contributed by atoms with Gasteiger partial charge >= 0.3 is 29.6 Å². The maximum atomic E-state index is 6.37. The molecule has 1 unspecified atom stereocenters. The Morgan fingerprint density at radius 1 is 1.00 bits per heavy atom. The van der Waals surface area contributed by atoms with E-state index in [0.29, 0.717) is 33.2 Å². The quantitative estimate of drug-likeness (QED) is 0.549. The van der Waals surface area contributed by atoms with Gasteiger partial charge in [-0.1, -0.05) is 58.5 Å². The maximum Gasteiger partial charge on any atom is 1.00 e. The van der Waals surface area contributed by atoms with Gasteiger partial charge in [0.05, 0.1) is 19.5 Å². The van der Waals surface area contributed by atoms with Crippen LogP contribution in [0.2, 0.25) is 20.1 Å². The number of benzene rings is 2. The molecule has 1 aromatic heterocycles. The molecule has 0 aliphatic rings. The molecule has 8 heteroatoms. The van der Waals surface area contributed by atoms with Crippen LogP contribution in [0.25, 0.3) is 0 Å². The maximum absolute atomic E-state index is 6.37. The molecule has 0 aliphatic heterocycles. The molecule has 0 bridgehead atoms. The third kappa shape index (κ3) is 5.88. The van der Waals surface area contributed by atoms with E-state index in [2.05, 4.69) is 4.98 Å². The molecule has 0 N–H and O–H groups in total. The molecule has 1 heterocycles. The van der Waals surface area contributed by atoms with Crippen LogP contribution in [-0.4, -0.2) is 9.55 Å². The molecule has 0 spiro atoms. The third-order valence-corrected chi connectivity index (χ3v) is 4.85. The summed E-state index contributed by atoms with van der Waals surface area (Å²) < 4.78 is 8.05. The third-order valence-electron chi connectivity index (χ3n) is 3.70.